The van der Waals surface area contributed by atoms with Gasteiger partial charge < -0.3 is 10.1 Å². The molecule has 0 aromatic heterocycles. The fourth-order valence-corrected chi connectivity index (χ4v) is 3.57. The van der Waals surface area contributed by atoms with Gasteiger partial charge in [-0.3, -0.25) is 4.79 Å². The summed E-state index contributed by atoms with van der Waals surface area (Å²) in [6, 6.07) is 13.7. The molecule has 2 rings (SSSR count). The summed E-state index contributed by atoms with van der Waals surface area (Å²) in [5.74, 6) is 0.539. The van der Waals surface area contributed by atoms with Gasteiger partial charge in [-0.05, 0) is 42.3 Å². The zero-order chi connectivity index (χ0) is 18.4. The van der Waals surface area contributed by atoms with E-state index in [0.29, 0.717) is 18.7 Å². The van der Waals surface area contributed by atoms with Crippen molar-refractivity contribution >= 4 is 21.6 Å². The van der Waals surface area contributed by atoms with Gasteiger partial charge in [-0.15, -0.1) is 0 Å². The van der Waals surface area contributed by atoms with Crippen LogP contribution in [0.2, 0.25) is 0 Å². The number of nitrogens with zero attached hydrogens (tertiary/aromatic N) is 1. The van der Waals surface area contributed by atoms with Crippen LogP contribution >= 0.6 is 0 Å². The summed E-state index contributed by atoms with van der Waals surface area (Å²) in [5, 5.41) is 2.61. The molecule has 0 bridgehead atoms. The average Bonchev–Trinajstić information content (AvgIpc) is 2.59. The largest absolute Gasteiger partial charge is 0.496 e. The first-order valence-electron chi connectivity index (χ1n) is 7.80. The molecule has 0 aliphatic carbocycles. The maximum atomic E-state index is 12.6. The number of nitrogens with one attached hydrogen (secondary N) is 1. The molecule has 0 aliphatic rings. The van der Waals surface area contributed by atoms with Gasteiger partial charge in [-0.25, -0.2) is 12.7 Å². The summed E-state index contributed by atoms with van der Waals surface area (Å²) in [6.07, 6.45) is 0.545. The minimum Gasteiger partial charge on any atom is -0.496 e. The second kappa shape index (κ2) is 8.13. The molecule has 25 heavy (non-hydrogen) atoms. The standard InChI is InChI=1S/C18H22N2O4S/c1-14(21)19-16-8-10-17(11-9-16)25(22,23)20(2)13-12-15-6-4-5-7-18(15)24-3/h4-11H,12-13H2,1-3H3,(H,19,21). The molecule has 0 atom stereocenters. The van der Waals surface area contributed by atoms with E-state index in [1.165, 1.54) is 23.4 Å². The third-order valence-electron chi connectivity index (χ3n) is 3.77. The summed E-state index contributed by atoms with van der Waals surface area (Å²) >= 11 is 0. The second-order valence-corrected chi connectivity index (χ2v) is 7.64. The number of ether oxygens (including phenoxy) is 1. The molecule has 7 heteroatoms. The fraction of sp³-hybridized carbons (Fsp3) is 0.278. The lowest BCUT2D eigenvalue weighted by molar-refractivity contribution is -0.114. The van der Waals surface area contributed by atoms with Crippen molar-refractivity contribution in [1.29, 1.82) is 0 Å². The SMILES string of the molecule is COc1ccccc1CCN(C)S(=O)(=O)c1ccc(NC(C)=O)cc1. The molecule has 0 spiro atoms. The Labute approximate surface area is 148 Å². The Morgan fingerprint density at radius 3 is 2.36 bits per heavy atom. The van der Waals surface area contributed by atoms with Gasteiger partial charge in [0.25, 0.3) is 0 Å². The van der Waals surface area contributed by atoms with E-state index in [1.54, 1.807) is 26.3 Å². The highest BCUT2D eigenvalue weighted by atomic mass is 32.2. The first-order chi connectivity index (χ1) is 11.8. The van der Waals surface area contributed by atoms with Crippen LogP contribution in [-0.4, -0.2) is 39.3 Å². The van der Waals surface area contributed by atoms with Crippen molar-refractivity contribution in [2.45, 2.75) is 18.2 Å². The zero-order valence-corrected chi connectivity index (χ0v) is 15.3. The molecular formula is C18H22N2O4S. The molecule has 6 nitrogen and oxygen atoms in total. The van der Waals surface area contributed by atoms with Crippen LogP contribution in [0.4, 0.5) is 5.69 Å². The molecule has 1 amide bonds. The highest BCUT2D eigenvalue weighted by Crippen LogP contribution is 2.21. The van der Waals surface area contributed by atoms with E-state index < -0.39 is 10.0 Å². The van der Waals surface area contributed by atoms with Crippen molar-refractivity contribution in [3.05, 3.63) is 54.1 Å². The predicted molar refractivity (Wildman–Crippen MR) is 97.3 cm³/mol. The highest BCUT2D eigenvalue weighted by Gasteiger charge is 2.20. The maximum Gasteiger partial charge on any atom is 0.242 e. The van der Waals surface area contributed by atoms with Crippen molar-refractivity contribution in [1.82, 2.24) is 4.31 Å². The van der Waals surface area contributed by atoms with Gasteiger partial charge in [0.05, 0.1) is 12.0 Å². The lowest BCUT2D eigenvalue weighted by Crippen LogP contribution is -2.29. The quantitative estimate of drug-likeness (QED) is 0.821. The van der Waals surface area contributed by atoms with Gasteiger partial charge >= 0.3 is 0 Å². The summed E-state index contributed by atoms with van der Waals surface area (Å²) in [7, 11) is -0.453. The predicted octanol–water partition coefficient (Wildman–Crippen LogP) is 2.52. The van der Waals surface area contributed by atoms with E-state index in [0.717, 1.165) is 11.3 Å². The Morgan fingerprint density at radius 2 is 1.76 bits per heavy atom. The summed E-state index contributed by atoms with van der Waals surface area (Å²) < 4.78 is 31.9. The molecule has 0 fully saturated rings. The molecule has 0 saturated carbocycles. The third kappa shape index (κ3) is 4.80. The Balaban J connectivity index is 2.09. The molecule has 2 aromatic rings. The number of carbonyl (C=O) groups is 1. The number of hydrogen-bond donors (Lipinski definition) is 1. The lowest BCUT2D eigenvalue weighted by Gasteiger charge is -2.18. The molecular weight excluding hydrogens is 340 g/mol. The van der Waals surface area contributed by atoms with E-state index in [-0.39, 0.29) is 10.8 Å². The molecule has 0 saturated heterocycles. The number of para-hydroxylation sites is 1. The normalized spacial score (nSPS) is 11.4. The molecule has 1 N–H and O–H groups in total. The van der Waals surface area contributed by atoms with Crippen LogP contribution in [0.1, 0.15) is 12.5 Å². The van der Waals surface area contributed by atoms with Crippen LogP contribution in [0.25, 0.3) is 0 Å². The Bertz CT molecular complexity index is 832. The first-order valence-corrected chi connectivity index (χ1v) is 9.24. The summed E-state index contributed by atoms with van der Waals surface area (Å²) in [5.41, 5.74) is 1.51. The number of anilines is 1. The van der Waals surface area contributed by atoms with Gasteiger partial charge in [0.1, 0.15) is 5.75 Å². The number of carbonyl (C=O) groups excluding carboxylic acids is 1. The van der Waals surface area contributed by atoms with Crippen molar-refractivity contribution in [2.75, 3.05) is 26.0 Å². The minimum absolute atomic E-state index is 0.184. The highest BCUT2D eigenvalue weighted by molar-refractivity contribution is 7.89. The van der Waals surface area contributed by atoms with Crippen LogP contribution in [0.3, 0.4) is 0 Å². The van der Waals surface area contributed by atoms with E-state index in [1.807, 2.05) is 24.3 Å². The number of hydrogen-bond acceptors (Lipinski definition) is 4. The van der Waals surface area contributed by atoms with Crippen molar-refractivity contribution in [2.24, 2.45) is 0 Å². The monoisotopic (exact) mass is 362 g/mol. The number of rotatable bonds is 7. The van der Waals surface area contributed by atoms with E-state index in [4.69, 9.17) is 4.74 Å². The third-order valence-corrected chi connectivity index (χ3v) is 5.64. The van der Waals surface area contributed by atoms with E-state index in [9.17, 15) is 13.2 Å². The molecule has 0 heterocycles. The van der Waals surface area contributed by atoms with Crippen LogP contribution < -0.4 is 10.1 Å². The van der Waals surface area contributed by atoms with Crippen molar-refractivity contribution in [3.8, 4) is 5.75 Å². The van der Waals surface area contributed by atoms with Gasteiger partial charge in [-0.1, -0.05) is 18.2 Å². The van der Waals surface area contributed by atoms with Crippen molar-refractivity contribution < 1.29 is 17.9 Å². The van der Waals surface area contributed by atoms with Crippen LogP contribution in [0.5, 0.6) is 5.75 Å². The summed E-state index contributed by atoms with van der Waals surface area (Å²) in [6.45, 7) is 1.73. The van der Waals surface area contributed by atoms with Crippen LogP contribution in [0, 0.1) is 0 Å². The zero-order valence-electron chi connectivity index (χ0n) is 14.5. The fourth-order valence-electron chi connectivity index (χ4n) is 2.40. The molecule has 2 aromatic carbocycles. The summed E-state index contributed by atoms with van der Waals surface area (Å²) in [4.78, 5) is 11.2. The topological polar surface area (TPSA) is 75.7 Å². The molecule has 0 aliphatic heterocycles. The van der Waals surface area contributed by atoms with Crippen molar-refractivity contribution in [3.63, 3.8) is 0 Å². The maximum absolute atomic E-state index is 12.6. The number of benzene rings is 2. The van der Waals surface area contributed by atoms with Crippen LogP contribution in [0.15, 0.2) is 53.4 Å². The Hall–Kier alpha value is -2.38. The lowest BCUT2D eigenvalue weighted by atomic mass is 10.1. The first kappa shape index (κ1) is 19.0. The number of amides is 1. The smallest absolute Gasteiger partial charge is 0.242 e. The minimum atomic E-state index is -3.59. The Kier molecular flexibility index (Phi) is 6.17. The van der Waals surface area contributed by atoms with Gasteiger partial charge in [-0.2, -0.15) is 0 Å². The molecule has 0 radical (unpaired) electrons. The van der Waals surface area contributed by atoms with E-state index >= 15 is 0 Å². The molecule has 134 valence electrons. The second-order valence-electron chi connectivity index (χ2n) is 5.59. The van der Waals surface area contributed by atoms with Gasteiger partial charge in [0.2, 0.25) is 15.9 Å². The van der Waals surface area contributed by atoms with Crippen LogP contribution in [-0.2, 0) is 21.2 Å². The number of likely N-dealkylation sites (N-methyl/N-ethyl adjacent to an activating group) is 1. The number of methoxy groups -OCH3 is 1. The van der Waals surface area contributed by atoms with E-state index in [2.05, 4.69) is 5.32 Å². The van der Waals surface area contributed by atoms with Gasteiger partial charge in [0.15, 0.2) is 0 Å². The number of sulfonamides is 1. The Morgan fingerprint density at radius 1 is 1.12 bits per heavy atom. The average molecular weight is 362 g/mol. The molecule has 0 unspecified atom stereocenters. The van der Waals surface area contributed by atoms with Gasteiger partial charge in [0, 0.05) is 26.2 Å².